The minimum absolute atomic E-state index is 0.387. The first kappa shape index (κ1) is 18.4. The third-order valence-corrected chi connectivity index (χ3v) is 2.90. The molecule has 0 heterocycles. The maximum Gasteiger partial charge on any atom is 0.314 e. The lowest BCUT2D eigenvalue weighted by Crippen LogP contribution is -2.46. The van der Waals surface area contributed by atoms with Crippen molar-refractivity contribution in [2.75, 3.05) is 7.11 Å². The molecule has 6 nitrogen and oxygen atoms in total. The molecular formula is C15H28O6. The Morgan fingerprint density at radius 2 is 1.48 bits per heavy atom. The Morgan fingerprint density at radius 3 is 1.86 bits per heavy atom. The van der Waals surface area contributed by atoms with Gasteiger partial charge in [0.25, 0.3) is 0 Å². The molecule has 0 spiro atoms. The molecule has 1 atom stereocenters. The standard InChI is InChI=1S/C15H28O6/c1-13(2,3)18-20-15(21-19-14(4,5)6)10-8-9-11(15)12(16)17-7/h11H,8-10H2,1-7H3. The van der Waals surface area contributed by atoms with Crippen molar-refractivity contribution in [2.45, 2.75) is 77.8 Å². The molecule has 0 aliphatic heterocycles. The Labute approximate surface area is 126 Å². The van der Waals surface area contributed by atoms with Crippen molar-refractivity contribution in [3.63, 3.8) is 0 Å². The van der Waals surface area contributed by atoms with E-state index in [1.807, 2.05) is 41.5 Å². The molecule has 1 saturated carbocycles. The van der Waals surface area contributed by atoms with E-state index >= 15 is 0 Å². The quantitative estimate of drug-likeness (QED) is 0.336. The van der Waals surface area contributed by atoms with Gasteiger partial charge in [0.1, 0.15) is 5.92 Å². The summed E-state index contributed by atoms with van der Waals surface area (Å²) in [6, 6.07) is 0. The lowest BCUT2D eigenvalue weighted by atomic mass is 10.0. The number of hydrogen-bond donors (Lipinski definition) is 0. The molecule has 1 fully saturated rings. The summed E-state index contributed by atoms with van der Waals surface area (Å²) in [4.78, 5) is 33.8. The van der Waals surface area contributed by atoms with Gasteiger partial charge in [-0.1, -0.05) is 0 Å². The van der Waals surface area contributed by atoms with Crippen LogP contribution in [0.1, 0.15) is 60.8 Å². The number of hydrogen-bond acceptors (Lipinski definition) is 6. The average molecular weight is 304 g/mol. The van der Waals surface area contributed by atoms with Crippen LogP contribution in [-0.2, 0) is 29.1 Å². The van der Waals surface area contributed by atoms with E-state index in [1.54, 1.807) is 0 Å². The molecule has 124 valence electrons. The molecular weight excluding hydrogens is 276 g/mol. The van der Waals surface area contributed by atoms with Gasteiger partial charge in [0, 0.05) is 6.42 Å². The second-order valence-electron chi connectivity index (χ2n) is 7.34. The monoisotopic (exact) mass is 304 g/mol. The van der Waals surface area contributed by atoms with E-state index in [0.717, 1.165) is 6.42 Å². The normalized spacial score (nSPS) is 22.3. The van der Waals surface area contributed by atoms with E-state index in [2.05, 4.69) is 0 Å². The Morgan fingerprint density at radius 1 is 1.00 bits per heavy atom. The summed E-state index contributed by atoms with van der Waals surface area (Å²) in [6.45, 7) is 11.1. The Kier molecular flexibility index (Phi) is 5.77. The number of carbonyl (C=O) groups is 1. The molecule has 1 aliphatic rings. The van der Waals surface area contributed by atoms with E-state index in [1.165, 1.54) is 7.11 Å². The largest absolute Gasteiger partial charge is 0.469 e. The van der Waals surface area contributed by atoms with Crippen LogP contribution in [-0.4, -0.2) is 30.1 Å². The summed E-state index contributed by atoms with van der Waals surface area (Å²) >= 11 is 0. The van der Waals surface area contributed by atoms with Gasteiger partial charge in [0.05, 0.1) is 18.3 Å². The average Bonchev–Trinajstić information content (AvgIpc) is 2.76. The summed E-state index contributed by atoms with van der Waals surface area (Å²) in [5, 5.41) is 0. The maximum atomic E-state index is 12.0. The predicted molar refractivity (Wildman–Crippen MR) is 75.9 cm³/mol. The Hall–Kier alpha value is -0.690. The van der Waals surface area contributed by atoms with Crippen molar-refractivity contribution in [3.8, 4) is 0 Å². The highest BCUT2D eigenvalue weighted by molar-refractivity contribution is 5.73. The zero-order valence-corrected chi connectivity index (χ0v) is 14.1. The third kappa shape index (κ3) is 5.54. The lowest BCUT2D eigenvalue weighted by molar-refractivity contribution is -0.545. The predicted octanol–water partition coefficient (Wildman–Crippen LogP) is 3.15. The van der Waals surface area contributed by atoms with Gasteiger partial charge in [-0.25, -0.2) is 9.78 Å². The van der Waals surface area contributed by atoms with Crippen molar-refractivity contribution < 1.29 is 29.1 Å². The van der Waals surface area contributed by atoms with E-state index in [0.29, 0.717) is 12.8 Å². The fourth-order valence-electron chi connectivity index (χ4n) is 1.99. The zero-order valence-electron chi connectivity index (χ0n) is 14.1. The van der Waals surface area contributed by atoms with Crippen LogP contribution in [0.5, 0.6) is 0 Å². The van der Waals surface area contributed by atoms with Crippen molar-refractivity contribution in [1.82, 2.24) is 0 Å². The highest BCUT2D eigenvalue weighted by Gasteiger charge is 2.54. The molecule has 0 bridgehead atoms. The van der Waals surface area contributed by atoms with Crippen LogP contribution in [0.15, 0.2) is 0 Å². The van der Waals surface area contributed by atoms with Crippen LogP contribution >= 0.6 is 0 Å². The highest BCUT2D eigenvalue weighted by atomic mass is 17.3. The highest BCUT2D eigenvalue weighted by Crippen LogP contribution is 2.42. The summed E-state index contributed by atoms with van der Waals surface area (Å²) < 4.78 is 4.84. The molecule has 0 amide bonds. The van der Waals surface area contributed by atoms with Gasteiger partial charge in [-0.2, -0.15) is 9.78 Å². The lowest BCUT2D eigenvalue weighted by Gasteiger charge is -2.35. The summed E-state index contributed by atoms with van der Waals surface area (Å²) in [5.41, 5.74) is -1.05. The van der Waals surface area contributed by atoms with Gasteiger partial charge < -0.3 is 4.74 Å². The third-order valence-electron chi connectivity index (χ3n) is 2.90. The van der Waals surface area contributed by atoms with Gasteiger partial charge in [0.15, 0.2) is 0 Å². The van der Waals surface area contributed by atoms with Crippen molar-refractivity contribution in [2.24, 2.45) is 5.92 Å². The molecule has 0 saturated heterocycles. The minimum Gasteiger partial charge on any atom is -0.469 e. The molecule has 0 aromatic heterocycles. The molecule has 1 rings (SSSR count). The van der Waals surface area contributed by atoms with Crippen LogP contribution in [0.3, 0.4) is 0 Å². The molecule has 0 N–H and O–H groups in total. The van der Waals surface area contributed by atoms with Crippen LogP contribution in [0.25, 0.3) is 0 Å². The van der Waals surface area contributed by atoms with E-state index in [-0.39, 0.29) is 5.97 Å². The topological polar surface area (TPSA) is 63.2 Å². The van der Waals surface area contributed by atoms with E-state index < -0.39 is 22.9 Å². The number of carbonyl (C=O) groups excluding carboxylic acids is 1. The van der Waals surface area contributed by atoms with E-state index in [4.69, 9.17) is 24.3 Å². The van der Waals surface area contributed by atoms with Crippen LogP contribution in [0, 0.1) is 5.92 Å². The van der Waals surface area contributed by atoms with Gasteiger partial charge in [0.2, 0.25) is 5.79 Å². The summed E-state index contributed by atoms with van der Waals surface area (Å²) in [5.74, 6) is -2.23. The zero-order chi connectivity index (χ0) is 16.3. The molecule has 1 aliphatic carbocycles. The summed E-state index contributed by atoms with van der Waals surface area (Å²) in [6.07, 6.45) is 1.87. The van der Waals surface area contributed by atoms with Crippen molar-refractivity contribution in [3.05, 3.63) is 0 Å². The molecule has 21 heavy (non-hydrogen) atoms. The maximum absolute atomic E-state index is 12.0. The first-order valence-electron chi connectivity index (χ1n) is 7.31. The fraction of sp³-hybridized carbons (Fsp3) is 0.933. The van der Waals surface area contributed by atoms with Gasteiger partial charge in [-0.3, -0.25) is 4.79 Å². The van der Waals surface area contributed by atoms with Crippen LogP contribution in [0.2, 0.25) is 0 Å². The number of esters is 1. The molecule has 1 unspecified atom stereocenters. The fourth-order valence-corrected chi connectivity index (χ4v) is 1.99. The second kappa shape index (κ2) is 6.60. The molecule has 0 radical (unpaired) electrons. The first-order valence-corrected chi connectivity index (χ1v) is 7.31. The van der Waals surface area contributed by atoms with Crippen LogP contribution in [0.4, 0.5) is 0 Å². The van der Waals surface area contributed by atoms with Crippen molar-refractivity contribution in [1.29, 1.82) is 0 Å². The number of ether oxygens (including phenoxy) is 1. The molecule has 0 aromatic carbocycles. The SMILES string of the molecule is COC(=O)C1CCCC1(OOC(C)(C)C)OOC(C)(C)C. The van der Waals surface area contributed by atoms with Gasteiger partial charge in [-0.05, 0) is 54.4 Å². The first-order chi connectivity index (χ1) is 9.49. The Bertz CT molecular complexity index is 334. The van der Waals surface area contributed by atoms with Gasteiger partial charge >= 0.3 is 5.97 Å². The Balaban J connectivity index is 2.89. The number of rotatable bonds is 5. The van der Waals surface area contributed by atoms with Gasteiger partial charge in [-0.15, -0.1) is 0 Å². The molecule has 6 heteroatoms. The van der Waals surface area contributed by atoms with E-state index in [9.17, 15) is 4.79 Å². The van der Waals surface area contributed by atoms with Crippen LogP contribution < -0.4 is 0 Å². The number of methoxy groups -OCH3 is 1. The second-order valence-corrected chi connectivity index (χ2v) is 7.34. The summed E-state index contributed by atoms with van der Waals surface area (Å²) in [7, 11) is 1.35. The smallest absolute Gasteiger partial charge is 0.314 e. The van der Waals surface area contributed by atoms with Crippen molar-refractivity contribution >= 4 is 5.97 Å². The minimum atomic E-state index is -1.27. The molecule has 0 aromatic rings.